The Morgan fingerprint density at radius 1 is 1.09 bits per heavy atom. The van der Waals surface area contributed by atoms with E-state index in [4.69, 9.17) is 4.74 Å². The molecule has 2 amide bonds. The number of fused-ring (bicyclic) bond motifs is 4. The second-order valence-electron chi connectivity index (χ2n) is 9.48. The minimum Gasteiger partial charge on any atom is -0.480 e. The SMILES string of the molecule is O=C(O)[C@H]1CCS[C@@H]2C[C@]3(CCCN3C(=O)OCC3c4ccccc4-c4ccccc43)C(=O)N12. The minimum atomic E-state index is -0.988. The van der Waals surface area contributed by atoms with E-state index in [-0.39, 0.29) is 23.8 Å². The molecule has 3 aliphatic heterocycles. The number of nitrogens with zero attached hydrogens (tertiary/aromatic N) is 2. The van der Waals surface area contributed by atoms with Gasteiger partial charge >= 0.3 is 12.1 Å². The Bertz CT molecular complexity index is 1140. The van der Waals surface area contributed by atoms with E-state index in [0.29, 0.717) is 38.0 Å². The molecule has 6 rings (SSSR count). The van der Waals surface area contributed by atoms with E-state index >= 15 is 0 Å². The second kappa shape index (κ2) is 8.05. The van der Waals surface area contributed by atoms with Crippen LogP contribution >= 0.6 is 11.8 Å². The summed E-state index contributed by atoms with van der Waals surface area (Å²) >= 11 is 1.61. The van der Waals surface area contributed by atoms with Gasteiger partial charge in [-0.25, -0.2) is 9.59 Å². The minimum absolute atomic E-state index is 0.0486. The Hall–Kier alpha value is -3.00. The van der Waals surface area contributed by atoms with Gasteiger partial charge in [0.25, 0.3) is 0 Å². The maximum Gasteiger partial charge on any atom is 0.410 e. The van der Waals surface area contributed by atoms with Crippen molar-refractivity contribution in [1.82, 2.24) is 9.80 Å². The number of rotatable bonds is 3. The molecule has 7 nitrogen and oxygen atoms in total. The van der Waals surface area contributed by atoms with Gasteiger partial charge in [0.1, 0.15) is 18.2 Å². The van der Waals surface area contributed by atoms with Gasteiger partial charge in [0.05, 0.1) is 5.37 Å². The molecule has 0 unspecified atom stereocenters. The predicted molar refractivity (Wildman–Crippen MR) is 127 cm³/mol. The van der Waals surface area contributed by atoms with Gasteiger partial charge in [0.2, 0.25) is 5.91 Å². The number of likely N-dealkylation sites (tertiary alicyclic amines) is 1. The van der Waals surface area contributed by atoms with E-state index in [2.05, 4.69) is 24.3 Å². The van der Waals surface area contributed by atoms with Crippen LogP contribution in [0.3, 0.4) is 0 Å². The first-order valence-corrected chi connectivity index (χ1v) is 12.9. The first kappa shape index (κ1) is 21.5. The van der Waals surface area contributed by atoms with Crippen molar-refractivity contribution in [1.29, 1.82) is 0 Å². The van der Waals surface area contributed by atoms with Crippen LogP contribution in [0.2, 0.25) is 0 Å². The first-order valence-electron chi connectivity index (χ1n) is 11.8. The van der Waals surface area contributed by atoms with Crippen molar-refractivity contribution in [2.75, 3.05) is 18.9 Å². The van der Waals surface area contributed by atoms with Gasteiger partial charge in [-0.15, -0.1) is 11.8 Å². The normalized spacial score (nSPS) is 27.6. The lowest BCUT2D eigenvalue weighted by atomic mass is 9.94. The second-order valence-corrected chi connectivity index (χ2v) is 10.8. The molecule has 34 heavy (non-hydrogen) atoms. The summed E-state index contributed by atoms with van der Waals surface area (Å²) in [6, 6.07) is 15.5. The molecule has 0 saturated carbocycles. The highest BCUT2D eigenvalue weighted by Gasteiger charge is 2.61. The molecule has 1 aliphatic carbocycles. The molecule has 3 atom stereocenters. The fraction of sp³-hybridized carbons (Fsp3) is 0.423. The molecule has 0 radical (unpaired) electrons. The average molecular weight is 479 g/mol. The van der Waals surface area contributed by atoms with Crippen molar-refractivity contribution in [3.63, 3.8) is 0 Å². The standard InChI is InChI=1S/C26H26N2O5S/c29-23(30)21-10-13-34-22-14-26(24(31)28(21)22)11-5-12-27(26)25(32)33-15-20-18-8-3-1-6-16(18)17-7-2-4-9-19(17)20/h1-4,6-9,20-22H,5,10-15H2,(H,29,30)/t21-,22-,26-/m1/s1. The number of hydrogen-bond donors (Lipinski definition) is 1. The van der Waals surface area contributed by atoms with E-state index in [1.54, 1.807) is 16.7 Å². The number of carbonyl (C=O) groups is 3. The summed E-state index contributed by atoms with van der Waals surface area (Å²) in [6.45, 7) is 0.651. The van der Waals surface area contributed by atoms with Crippen LogP contribution in [0.4, 0.5) is 4.79 Å². The number of carboxylic acid groups (broad SMARTS) is 1. The lowest BCUT2D eigenvalue weighted by molar-refractivity contribution is -0.151. The van der Waals surface area contributed by atoms with Crippen LogP contribution in [-0.4, -0.2) is 68.7 Å². The third kappa shape index (κ3) is 3.07. The molecule has 1 spiro atoms. The quantitative estimate of drug-likeness (QED) is 0.720. The summed E-state index contributed by atoms with van der Waals surface area (Å²) in [4.78, 5) is 41.9. The molecule has 0 aromatic heterocycles. The summed E-state index contributed by atoms with van der Waals surface area (Å²) < 4.78 is 5.88. The van der Waals surface area contributed by atoms with Crippen LogP contribution in [0.1, 0.15) is 42.7 Å². The number of carbonyl (C=O) groups excluding carboxylic acids is 2. The predicted octanol–water partition coefficient (Wildman–Crippen LogP) is 3.92. The van der Waals surface area contributed by atoms with Crippen LogP contribution in [-0.2, 0) is 14.3 Å². The Morgan fingerprint density at radius 2 is 1.76 bits per heavy atom. The van der Waals surface area contributed by atoms with Gasteiger partial charge in [0, 0.05) is 18.9 Å². The van der Waals surface area contributed by atoms with E-state index in [9.17, 15) is 19.5 Å². The zero-order valence-electron chi connectivity index (χ0n) is 18.7. The van der Waals surface area contributed by atoms with Gasteiger partial charge in [-0.1, -0.05) is 48.5 Å². The van der Waals surface area contributed by atoms with Crippen LogP contribution in [0.25, 0.3) is 11.1 Å². The summed E-state index contributed by atoms with van der Waals surface area (Å²) in [7, 11) is 0. The number of aliphatic carboxylic acids is 1. The lowest BCUT2D eigenvalue weighted by Crippen LogP contribution is -2.56. The monoisotopic (exact) mass is 478 g/mol. The maximum absolute atomic E-state index is 13.6. The van der Waals surface area contributed by atoms with E-state index < -0.39 is 23.6 Å². The number of amides is 2. The molecule has 3 fully saturated rings. The van der Waals surface area contributed by atoms with E-state index in [0.717, 1.165) is 22.3 Å². The van der Waals surface area contributed by atoms with Gasteiger partial charge in [0.15, 0.2) is 0 Å². The molecule has 3 heterocycles. The van der Waals surface area contributed by atoms with Crippen molar-refractivity contribution in [3.8, 4) is 11.1 Å². The summed E-state index contributed by atoms with van der Waals surface area (Å²) in [5.74, 6) is -0.552. The van der Waals surface area contributed by atoms with Crippen molar-refractivity contribution in [2.45, 2.75) is 48.6 Å². The fourth-order valence-corrected chi connectivity index (χ4v) is 7.70. The zero-order valence-corrected chi connectivity index (χ0v) is 19.5. The number of thioether (sulfide) groups is 1. The largest absolute Gasteiger partial charge is 0.480 e. The molecule has 3 saturated heterocycles. The lowest BCUT2D eigenvalue weighted by Gasteiger charge is -2.35. The van der Waals surface area contributed by atoms with Crippen molar-refractivity contribution in [3.05, 3.63) is 59.7 Å². The molecular weight excluding hydrogens is 452 g/mol. The van der Waals surface area contributed by atoms with Crippen molar-refractivity contribution in [2.24, 2.45) is 0 Å². The number of benzene rings is 2. The number of carboxylic acids is 1. The number of hydrogen-bond acceptors (Lipinski definition) is 5. The molecule has 0 bridgehead atoms. The summed E-state index contributed by atoms with van der Waals surface area (Å²) in [5.41, 5.74) is 3.62. The van der Waals surface area contributed by atoms with Crippen LogP contribution in [0.15, 0.2) is 48.5 Å². The highest BCUT2D eigenvalue weighted by Crippen LogP contribution is 2.49. The van der Waals surface area contributed by atoms with E-state index in [1.165, 1.54) is 4.90 Å². The Kier molecular flexibility index (Phi) is 5.09. The summed E-state index contributed by atoms with van der Waals surface area (Å²) in [6.07, 6.45) is 1.67. The van der Waals surface area contributed by atoms with Crippen LogP contribution < -0.4 is 0 Å². The highest BCUT2D eigenvalue weighted by atomic mass is 32.2. The smallest absolute Gasteiger partial charge is 0.410 e. The third-order valence-corrected chi connectivity index (χ3v) is 9.07. The van der Waals surface area contributed by atoms with Gasteiger partial charge in [-0.2, -0.15) is 0 Å². The van der Waals surface area contributed by atoms with Crippen LogP contribution in [0.5, 0.6) is 0 Å². The Balaban J connectivity index is 1.23. The zero-order chi connectivity index (χ0) is 23.4. The fourth-order valence-electron chi connectivity index (χ4n) is 6.28. The molecule has 2 aromatic rings. The first-order chi connectivity index (χ1) is 16.5. The Labute approximate surface area is 202 Å². The third-order valence-electron chi connectivity index (χ3n) is 7.82. The molecule has 8 heteroatoms. The number of ether oxygens (including phenoxy) is 1. The topological polar surface area (TPSA) is 87.1 Å². The Morgan fingerprint density at radius 3 is 2.44 bits per heavy atom. The molecule has 2 aromatic carbocycles. The van der Waals surface area contributed by atoms with Crippen LogP contribution in [0, 0.1) is 0 Å². The van der Waals surface area contributed by atoms with Gasteiger partial charge in [-0.05, 0) is 47.3 Å². The molecular formula is C26H26N2O5S. The molecule has 176 valence electrons. The van der Waals surface area contributed by atoms with Crippen molar-refractivity contribution >= 4 is 29.7 Å². The average Bonchev–Trinajstić information content (AvgIpc) is 3.50. The van der Waals surface area contributed by atoms with Crippen molar-refractivity contribution < 1.29 is 24.2 Å². The van der Waals surface area contributed by atoms with E-state index in [1.807, 2.05) is 24.3 Å². The van der Waals surface area contributed by atoms with Gasteiger partial charge < -0.3 is 14.7 Å². The maximum atomic E-state index is 13.6. The highest BCUT2D eigenvalue weighted by molar-refractivity contribution is 7.99. The van der Waals surface area contributed by atoms with Gasteiger partial charge in [-0.3, -0.25) is 9.69 Å². The molecule has 4 aliphatic rings. The summed E-state index contributed by atoms with van der Waals surface area (Å²) in [5, 5.41) is 9.46. The molecule has 1 N–H and O–H groups in total.